The van der Waals surface area contributed by atoms with Crippen LogP contribution in [0.25, 0.3) is 0 Å². The van der Waals surface area contributed by atoms with Gasteiger partial charge in [0.15, 0.2) is 5.78 Å². The summed E-state index contributed by atoms with van der Waals surface area (Å²) in [7, 11) is 0. The summed E-state index contributed by atoms with van der Waals surface area (Å²) in [4.78, 5) is 23.9. The summed E-state index contributed by atoms with van der Waals surface area (Å²) < 4.78 is 6.10. The molecule has 8 atom stereocenters. The minimum Gasteiger partial charge on any atom is -0.451 e. The van der Waals surface area contributed by atoms with Gasteiger partial charge in [0, 0.05) is 23.8 Å². The first kappa shape index (κ1) is 15.4. The van der Waals surface area contributed by atoms with Gasteiger partial charge in [-0.15, -0.1) is 0 Å². The van der Waals surface area contributed by atoms with Crippen LogP contribution in [0.2, 0.25) is 0 Å². The third-order valence-electron chi connectivity index (χ3n) is 8.95. The van der Waals surface area contributed by atoms with Gasteiger partial charge in [-0.3, -0.25) is 4.79 Å². The highest BCUT2D eigenvalue weighted by Gasteiger charge is 2.78. The summed E-state index contributed by atoms with van der Waals surface area (Å²) in [5, 5.41) is 0. The molecular formula is C23H26O3. The summed E-state index contributed by atoms with van der Waals surface area (Å²) in [5.41, 5.74) is 1.06. The number of carbonyl (C=O) groups is 2. The topological polar surface area (TPSA) is 43.4 Å². The molecule has 3 heteroatoms. The lowest BCUT2D eigenvalue weighted by Gasteiger charge is -2.56. The number of carbonyl (C=O) groups excluding carboxylic acids is 2. The van der Waals surface area contributed by atoms with E-state index in [1.54, 1.807) is 6.08 Å². The Labute approximate surface area is 154 Å². The van der Waals surface area contributed by atoms with Crippen LogP contribution in [-0.4, -0.2) is 17.4 Å². The van der Waals surface area contributed by atoms with E-state index in [0.29, 0.717) is 47.7 Å². The minimum absolute atomic E-state index is 0.112. The van der Waals surface area contributed by atoms with Crippen molar-refractivity contribution in [3.05, 3.63) is 36.0 Å². The molecule has 0 N–H and O–H groups in total. The van der Waals surface area contributed by atoms with Gasteiger partial charge in [0.25, 0.3) is 0 Å². The van der Waals surface area contributed by atoms with Crippen LogP contribution >= 0.6 is 0 Å². The largest absolute Gasteiger partial charge is 0.451 e. The summed E-state index contributed by atoms with van der Waals surface area (Å²) in [6.07, 6.45) is 16.8. The molecule has 3 fully saturated rings. The minimum atomic E-state index is -0.328. The highest BCUT2D eigenvalue weighted by atomic mass is 16.6. The average Bonchev–Trinajstić information content (AvgIpc) is 3.29. The Morgan fingerprint density at radius 3 is 2.85 bits per heavy atom. The molecule has 0 saturated heterocycles. The van der Waals surface area contributed by atoms with Crippen LogP contribution in [0.1, 0.15) is 45.4 Å². The highest BCUT2D eigenvalue weighted by Crippen LogP contribution is 2.78. The molecule has 0 aromatic rings. The molecular weight excluding hydrogens is 324 g/mol. The van der Waals surface area contributed by atoms with Crippen molar-refractivity contribution in [3.8, 4) is 0 Å². The second kappa shape index (κ2) is 4.79. The van der Waals surface area contributed by atoms with Crippen LogP contribution in [0.5, 0.6) is 0 Å². The molecule has 3 nitrogen and oxygen atoms in total. The van der Waals surface area contributed by atoms with Crippen molar-refractivity contribution in [3.63, 3.8) is 0 Å². The SMILES string of the molecule is CCC12CCC3C4CCC(=O)C=C4C=CC3C1C1CC1C21C=CC(=O)O1. The summed E-state index contributed by atoms with van der Waals surface area (Å²) in [6, 6.07) is 0. The first-order valence-electron chi connectivity index (χ1n) is 10.4. The zero-order chi connectivity index (χ0) is 17.7. The van der Waals surface area contributed by atoms with E-state index in [1.165, 1.54) is 18.4 Å². The lowest BCUT2D eigenvalue weighted by Crippen LogP contribution is -2.55. The normalized spacial score (nSPS) is 52.9. The van der Waals surface area contributed by atoms with Gasteiger partial charge in [-0.1, -0.05) is 19.1 Å². The Bertz CT molecular complexity index is 804. The van der Waals surface area contributed by atoms with Crippen molar-refractivity contribution in [1.29, 1.82) is 0 Å². The molecule has 1 spiro atoms. The third-order valence-corrected chi connectivity index (χ3v) is 8.95. The zero-order valence-electron chi connectivity index (χ0n) is 15.3. The van der Waals surface area contributed by atoms with Crippen molar-refractivity contribution in [1.82, 2.24) is 0 Å². The molecule has 6 aliphatic rings. The molecule has 1 heterocycles. The molecule has 0 aromatic carbocycles. The van der Waals surface area contributed by atoms with Gasteiger partial charge in [-0.2, -0.15) is 0 Å². The van der Waals surface area contributed by atoms with Crippen molar-refractivity contribution < 1.29 is 14.3 Å². The fourth-order valence-electron chi connectivity index (χ4n) is 8.04. The summed E-state index contributed by atoms with van der Waals surface area (Å²) in [5.74, 6) is 3.84. The molecule has 26 heavy (non-hydrogen) atoms. The average molecular weight is 350 g/mol. The lowest BCUT2D eigenvalue weighted by atomic mass is 9.49. The summed E-state index contributed by atoms with van der Waals surface area (Å²) >= 11 is 0. The molecule has 8 unspecified atom stereocenters. The van der Waals surface area contributed by atoms with Crippen LogP contribution < -0.4 is 0 Å². The van der Waals surface area contributed by atoms with E-state index in [0.717, 1.165) is 19.3 Å². The Kier molecular flexibility index (Phi) is 2.84. The second-order valence-electron chi connectivity index (χ2n) is 9.48. The maximum Gasteiger partial charge on any atom is 0.331 e. The Hall–Kier alpha value is -1.64. The number of esters is 1. The monoisotopic (exact) mass is 350 g/mol. The molecule has 5 aliphatic carbocycles. The number of hydrogen-bond donors (Lipinski definition) is 0. The van der Waals surface area contributed by atoms with Gasteiger partial charge in [0.1, 0.15) is 5.60 Å². The fourth-order valence-corrected chi connectivity index (χ4v) is 8.04. The van der Waals surface area contributed by atoms with E-state index in [4.69, 9.17) is 4.74 Å². The van der Waals surface area contributed by atoms with Gasteiger partial charge >= 0.3 is 5.97 Å². The molecule has 0 amide bonds. The zero-order valence-corrected chi connectivity index (χ0v) is 15.3. The number of hydrogen-bond acceptors (Lipinski definition) is 3. The number of allylic oxidation sites excluding steroid dienone is 4. The molecule has 6 rings (SSSR count). The van der Waals surface area contributed by atoms with E-state index >= 15 is 0 Å². The van der Waals surface area contributed by atoms with Gasteiger partial charge < -0.3 is 4.74 Å². The Morgan fingerprint density at radius 1 is 1.19 bits per heavy atom. The fraction of sp³-hybridized carbons (Fsp3) is 0.652. The lowest BCUT2D eigenvalue weighted by molar-refractivity contribution is -0.169. The molecule has 136 valence electrons. The third kappa shape index (κ3) is 1.62. The standard InChI is InChI=1S/C23H26O3/c1-2-22-9-7-16-15-6-4-14(24)11-13(15)3-5-17(16)21(22)18-12-19(18)23(22)10-8-20(25)26-23/h3,5,8,10-11,15-19,21H,2,4,6-7,9,12H2,1H3. The quantitative estimate of drug-likeness (QED) is 0.671. The smallest absolute Gasteiger partial charge is 0.331 e. The molecule has 0 bridgehead atoms. The van der Waals surface area contributed by atoms with Crippen LogP contribution in [0.15, 0.2) is 36.0 Å². The number of ether oxygens (including phenoxy) is 1. The van der Waals surface area contributed by atoms with Crippen molar-refractivity contribution in [2.24, 2.45) is 40.9 Å². The predicted molar refractivity (Wildman–Crippen MR) is 96.9 cm³/mol. The van der Waals surface area contributed by atoms with Gasteiger partial charge in [-0.25, -0.2) is 4.79 Å². The van der Waals surface area contributed by atoms with E-state index < -0.39 is 0 Å². The van der Waals surface area contributed by atoms with Crippen LogP contribution in [0.4, 0.5) is 0 Å². The molecule has 0 aromatic heterocycles. The molecule has 3 saturated carbocycles. The molecule has 1 aliphatic heterocycles. The maximum atomic E-state index is 12.0. The van der Waals surface area contributed by atoms with E-state index in [2.05, 4.69) is 25.2 Å². The van der Waals surface area contributed by atoms with Crippen LogP contribution in [0, 0.1) is 40.9 Å². The number of rotatable bonds is 1. The van der Waals surface area contributed by atoms with E-state index in [1.807, 2.05) is 6.08 Å². The van der Waals surface area contributed by atoms with Gasteiger partial charge in [0.05, 0.1) is 0 Å². The van der Waals surface area contributed by atoms with Crippen molar-refractivity contribution in [2.45, 2.75) is 51.0 Å². The van der Waals surface area contributed by atoms with E-state index in [-0.39, 0.29) is 17.0 Å². The van der Waals surface area contributed by atoms with Crippen LogP contribution in [-0.2, 0) is 14.3 Å². The van der Waals surface area contributed by atoms with Crippen molar-refractivity contribution >= 4 is 11.8 Å². The Balaban J connectivity index is 1.44. The number of ketones is 1. The van der Waals surface area contributed by atoms with Gasteiger partial charge in [-0.05, 0) is 79.4 Å². The first-order chi connectivity index (χ1) is 12.6. The van der Waals surface area contributed by atoms with Crippen LogP contribution in [0.3, 0.4) is 0 Å². The Morgan fingerprint density at radius 2 is 2.08 bits per heavy atom. The van der Waals surface area contributed by atoms with Gasteiger partial charge in [0.2, 0.25) is 0 Å². The number of fused-ring (bicyclic) bond motifs is 9. The van der Waals surface area contributed by atoms with Crippen molar-refractivity contribution in [2.75, 3.05) is 0 Å². The van der Waals surface area contributed by atoms with E-state index in [9.17, 15) is 9.59 Å². The highest BCUT2D eigenvalue weighted by molar-refractivity contribution is 5.92. The first-order valence-corrected chi connectivity index (χ1v) is 10.4. The predicted octanol–water partition coefficient (Wildman–Crippen LogP) is 4.00. The second-order valence-corrected chi connectivity index (χ2v) is 9.48. The summed E-state index contributed by atoms with van der Waals surface area (Å²) in [6.45, 7) is 2.30. The maximum absolute atomic E-state index is 12.0. The molecule has 0 radical (unpaired) electrons.